The summed E-state index contributed by atoms with van der Waals surface area (Å²) in [5.41, 5.74) is 1.74. The number of piperidine rings is 1. The molecule has 1 aliphatic heterocycles. The second-order valence-corrected chi connectivity index (χ2v) is 7.24. The zero-order chi connectivity index (χ0) is 20.5. The topological polar surface area (TPSA) is 75.7 Å². The summed E-state index contributed by atoms with van der Waals surface area (Å²) in [7, 11) is 3.36. The van der Waals surface area contributed by atoms with E-state index in [4.69, 9.17) is 9.47 Å². The molecule has 2 amide bonds. The molecular weight excluding hydrogens is 368 g/mol. The van der Waals surface area contributed by atoms with Crippen LogP contribution in [0.4, 0.5) is 10.5 Å². The molecule has 0 aliphatic carbocycles. The summed E-state index contributed by atoms with van der Waals surface area (Å²) in [6.07, 6.45) is 3.60. The smallest absolute Gasteiger partial charge is 0.319 e. The van der Waals surface area contributed by atoms with E-state index in [1.807, 2.05) is 42.5 Å². The van der Waals surface area contributed by atoms with Gasteiger partial charge in [0.2, 0.25) is 0 Å². The molecule has 1 aliphatic rings. The van der Waals surface area contributed by atoms with Crippen molar-refractivity contribution >= 4 is 11.7 Å². The molecule has 0 spiro atoms. The molecule has 2 atom stereocenters. The van der Waals surface area contributed by atoms with Crippen molar-refractivity contribution in [2.24, 2.45) is 0 Å². The highest BCUT2D eigenvalue weighted by Gasteiger charge is 2.32. The van der Waals surface area contributed by atoms with E-state index in [0.717, 1.165) is 56.2 Å². The van der Waals surface area contributed by atoms with E-state index in [0.29, 0.717) is 0 Å². The molecule has 1 aromatic carbocycles. The lowest BCUT2D eigenvalue weighted by molar-refractivity contribution is 0.142. The number of amides is 2. The van der Waals surface area contributed by atoms with Crippen LogP contribution >= 0.6 is 0 Å². The van der Waals surface area contributed by atoms with Gasteiger partial charge in [-0.15, -0.1) is 0 Å². The minimum absolute atomic E-state index is 0.0123. The second kappa shape index (κ2) is 10.8. The number of hydrogen-bond donors (Lipinski definition) is 2. The Balaban J connectivity index is 1.68. The van der Waals surface area contributed by atoms with Crippen LogP contribution < -0.4 is 15.4 Å². The Bertz CT molecular complexity index is 754. The zero-order valence-corrected chi connectivity index (χ0v) is 17.1. The monoisotopic (exact) mass is 398 g/mol. The minimum atomic E-state index is -0.187. The normalized spacial score (nSPS) is 19.5. The molecule has 156 valence electrons. The summed E-state index contributed by atoms with van der Waals surface area (Å²) in [6, 6.07) is 13.2. The first kappa shape index (κ1) is 21.1. The summed E-state index contributed by atoms with van der Waals surface area (Å²) < 4.78 is 10.4. The van der Waals surface area contributed by atoms with E-state index >= 15 is 0 Å². The number of carbonyl (C=O) groups excluding carboxylic acids is 1. The summed E-state index contributed by atoms with van der Waals surface area (Å²) in [6.45, 7) is 3.51. The number of ether oxygens (including phenoxy) is 2. The second-order valence-electron chi connectivity index (χ2n) is 7.24. The van der Waals surface area contributed by atoms with E-state index in [1.54, 1.807) is 20.4 Å². The van der Waals surface area contributed by atoms with Crippen molar-refractivity contribution in [3.8, 4) is 5.75 Å². The third-order valence-electron chi connectivity index (χ3n) is 5.24. The van der Waals surface area contributed by atoms with Crippen molar-refractivity contribution in [2.75, 3.05) is 45.8 Å². The standard InChI is InChI=1S/C22H30N4O3/c1-28-14-6-12-26-13-11-21(25-22(27)24-17-7-4-3-5-8-17)19(16-26)20-10-9-18(29-2)15-23-20/h3-5,7-10,15,19,21H,6,11-14,16H2,1-2H3,(H2,24,25,27). The van der Waals surface area contributed by atoms with E-state index in [9.17, 15) is 4.79 Å². The molecule has 2 N–H and O–H groups in total. The summed E-state index contributed by atoms with van der Waals surface area (Å²) in [5.74, 6) is 0.839. The number of nitrogens with one attached hydrogen (secondary N) is 2. The number of hydrogen-bond acceptors (Lipinski definition) is 5. The average molecular weight is 399 g/mol. The minimum Gasteiger partial charge on any atom is -0.495 e. The molecule has 0 bridgehead atoms. The van der Waals surface area contributed by atoms with Crippen LogP contribution in [0.3, 0.4) is 0 Å². The van der Waals surface area contributed by atoms with Gasteiger partial charge in [-0.1, -0.05) is 18.2 Å². The van der Waals surface area contributed by atoms with Gasteiger partial charge in [-0.3, -0.25) is 4.98 Å². The average Bonchev–Trinajstić information content (AvgIpc) is 2.75. The fourth-order valence-electron chi connectivity index (χ4n) is 3.72. The Kier molecular flexibility index (Phi) is 7.84. The Labute approximate surface area is 172 Å². The Hall–Kier alpha value is -2.64. The molecule has 0 radical (unpaired) electrons. The molecular formula is C22H30N4O3. The van der Waals surface area contributed by atoms with Gasteiger partial charge in [0.25, 0.3) is 0 Å². The number of carbonyl (C=O) groups is 1. The van der Waals surface area contributed by atoms with Crippen LogP contribution in [0.25, 0.3) is 0 Å². The number of nitrogens with zero attached hydrogens (tertiary/aromatic N) is 2. The first-order valence-corrected chi connectivity index (χ1v) is 10.0. The number of pyridine rings is 1. The van der Waals surface area contributed by atoms with Gasteiger partial charge in [-0.2, -0.15) is 0 Å². The molecule has 0 saturated carbocycles. The van der Waals surface area contributed by atoms with Crippen molar-refractivity contribution < 1.29 is 14.3 Å². The zero-order valence-electron chi connectivity index (χ0n) is 17.1. The van der Waals surface area contributed by atoms with Crippen LogP contribution in [0.1, 0.15) is 24.5 Å². The van der Waals surface area contributed by atoms with E-state index < -0.39 is 0 Å². The lowest BCUT2D eigenvalue weighted by Crippen LogP contribution is -2.51. The van der Waals surface area contributed by atoms with Crippen LogP contribution in [-0.4, -0.2) is 62.4 Å². The first-order chi connectivity index (χ1) is 14.2. The van der Waals surface area contributed by atoms with Crippen LogP contribution in [0.2, 0.25) is 0 Å². The highest BCUT2D eigenvalue weighted by molar-refractivity contribution is 5.89. The third-order valence-corrected chi connectivity index (χ3v) is 5.24. The Morgan fingerprint density at radius 1 is 1.21 bits per heavy atom. The van der Waals surface area contributed by atoms with Gasteiger partial charge < -0.3 is 25.0 Å². The van der Waals surface area contributed by atoms with Crippen LogP contribution in [0, 0.1) is 0 Å². The van der Waals surface area contributed by atoms with Gasteiger partial charge in [0, 0.05) is 56.7 Å². The summed E-state index contributed by atoms with van der Waals surface area (Å²) >= 11 is 0. The highest BCUT2D eigenvalue weighted by atomic mass is 16.5. The molecule has 2 heterocycles. The van der Waals surface area contributed by atoms with E-state index in [2.05, 4.69) is 20.5 Å². The predicted octanol–water partition coefficient (Wildman–Crippen LogP) is 3.11. The number of methoxy groups -OCH3 is 2. The van der Waals surface area contributed by atoms with Gasteiger partial charge >= 0.3 is 6.03 Å². The summed E-state index contributed by atoms with van der Waals surface area (Å²) in [5, 5.41) is 6.07. The van der Waals surface area contributed by atoms with E-state index in [-0.39, 0.29) is 18.0 Å². The van der Waals surface area contributed by atoms with Crippen molar-refractivity contribution in [3.63, 3.8) is 0 Å². The van der Waals surface area contributed by atoms with Crippen LogP contribution in [-0.2, 0) is 4.74 Å². The molecule has 1 fully saturated rings. The molecule has 3 rings (SSSR count). The van der Waals surface area contributed by atoms with Crippen LogP contribution in [0.5, 0.6) is 5.75 Å². The predicted molar refractivity (Wildman–Crippen MR) is 113 cm³/mol. The first-order valence-electron chi connectivity index (χ1n) is 10.0. The SMILES string of the molecule is COCCCN1CCC(NC(=O)Nc2ccccc2)C(c2ccc(OC)cn2)C1. The molecule has 7 heteroatoms. The van der Waals surface area contributed by atoms with Gasteiger partial charge in [0.1, 0.15) is 5.75 Å². The number of benzene rings is 1. The number of likely N-dealkylation sites (tertiary alicyclic amines) is 1. The number of urea groups is 1. The van der Waals surface area contributed by atoms with Gasteiger partial charge in [-0.25, -0.2) is 4.79 Å². The Morgan fingerprint density at radius 3 is 2.72 bits per heavy atom. The largest absolute Gasteiger partial charge is 0.495 e. The highest BCUT2D eigenvalue weighted by Crippen LogP contribution is 2.27. The van der Waals surface area contributed by atoms with E-state index in [1.165, 1.54) is 0 Å². The fraction of sp³-hybridized carbons (Fsp3) is 0.455. The molecule has 2 unspecified atom stereocenters. The number of rotatable bonds is 8. The van der Waals surface area contributed by atoms with Gasteiger partial charge in [-0.05, 0) is 37.1 Å². The van der Waals surface area contributed by atoms with Crippen LogP contribution in [0.15, 0.2) is 48.7 Å². The molecule has 1 aromatic heterocycles. The Morgan fingerprint density at radius 2 is 2.03 bits per heavy atom. The third kappa shape index (κ3) is 6.17. The molecule has 7 nitrogen and oxygen atoms in total. The van der Waals surface area contributed by atoms with Crippen molar-refractivity contribution in [1.82, 2.24) is 15.2 Å². The van der Waals surface area contributed by atoms with Gasteiger partial charge in [0.05, 0.1) is 13.3 Å². The lowest BCUT2D eigenvalue weighted by atomic mass is 9.88. The van der Waals surface area contributed by atoms with Crippen molar-refractivity contribution in [2.45, 2.75) is 24.8 Å². The number of aromatic nitrogens is 1. The maximum Gasteiger partial charge on any atom is 0.319 e. The summed E-state index contributed by atoms with van der Waals surface area (Å²) in [4.78, 5) is 19.6. The van der Waals surface area contributed by atoms with Crippen molar-refractivity contribution in [1.29, 1.82) is 0 Å². The maximum atomic E-state index is 12.6. The quantitative estimate of drug-likeness (QED) is 0.669. The maximum absolute atomic E-state index is 12.6. The molecule has 1 saturated heterocycles. The lowest BCUT2D eigenvalue weighted by Gasteiger charge is -2.38. The van der Waals surface area contributed by atoms with Gasteiger partial charge in [0.15, 0.2) is 0 Å². The fourth-order valence-corrected chi connectivity index (χ4v) is 3.72. The van der Waals surface area contributed by atoms with Crippen molar-refractivity contribution in [3.05, 3.63) is 54.4 Å². The number of para-hydroxylation sites is 1. The molecule has 29 heavy (non-hydrogen) atoms. The number of anilines is 1. The molecule has 2 aromatic rings.